The van der Waals surface area contributed by atoms with Crippen molar-refractivity contribution in [2.24, 2.45) is 7.05 Å². The number of hydrogen-bond donors (Lipinski definition) is 2. The van der Waals surface area contributed by atoms with Crippen LogP contribution in [0.2, 0.25) is 0 Å². The maximum absolute atomic E-state index is 4.56. The van der Waals surface area contributed by atoms with Crippen molar-refractivity contribution in [1.29, 1.82) is 0 Å². The van der Waals surface area contributed by atoms with Gasteiger partial charge in [-0.3, -0.25) is 4.68 Å². The molecule has 3 heterocycles. The van der Waals surface area contributed by atoms with Crippen LogP contribution in [0.3, 0.4) is 0 Å². The highest BCUT2D eigenvalue weighted by atomic mass is 15.3. The van der Waals surface area contributed by atoms with Gasteiger partial charge in [0.15, 0.2) is 17.3 Å². The van der Waals surface area contributed by atoms with E-state index in [4.69, 9.17) is 0 Å². The average Bonchev–Trinajstić information content (AvgIpc) is 3.11. The van der Waals surface area contributed by atoms with Crippen molar-refractivity contribution in [3.63, 3.8) is 0 Å². The Morgan fingerprint density at radius 3 is 2.90 bits per heavy atom. The number of imidazole rings is 1. The molecule has 110 valence electrons. The molecule has 0 spiro atoms. The molecular formula is C13H18N8. The van der Waals surface area contributed by atoms with Crippen LogP contribution in [0.1, 0.15) is 19.2 Å². The predicted octanol–water partition coefficient (Wildman–Crippen LogP) is 1.29. The highest BCUT2D eigenvalue weighted by Gasteiger charge is 2.08. The summed E-state index contributed by atoms with van der Waals surface area (Å²) in [6.07, 6.45) is 8.31. The second-order valence-electron chi connectivity index (χ2n) is 4.75. The summed E-state index contributed by atoms with van der Waals surface area (Å²) in [5.41, 5.74) is 0.785. The molecule has 0 atom stereocenters. The van der Waals surface area contributed by atoms with Crippen molar-refractivity contribution in [1.82, 2.24) is 29.1 Å². The SMILES string of the molecule is CCCNc1cn2ccnc2c(NCc2ncn(C)n2)n1. The van der Waals surface area contributed by atoms with Crippen molar-refractivity contribution in [2.75, 3.05) is 17.2 Å². The molecule has 0 aliphatic carbocycles. The largest absolute Gasteiger partial charge is 0.369 e. The van der Waals surface area contributed by atoms with Crippen molar-refractivity contribution >= 4 is 17.3 Å². The summed E-state index contributed by atoms with van der Waals surface area (Å²) >= 11 is 0. The summed E-state index contributed by atoms with van der Waals surface area (Å²) in [7, 11) is 1.84. The van der Waals surface area contributed by atoms with Crippen LogP contribution in [-0.2, 0) is 13.6 Å². The van der Waals surface area contributed by atoms with E-state index in [-0.39, 0.29) is 0 Å². The van der Waals surface area contributed by atoms with E-state index in [9.17, 15) is 0 Å². The third-order valence-electron chi connectivity index (χ3n) is 2.99. The molecule has 0 amide bonds. The summed E-state index contributed by atoms with van der Waals surface area (Å²) in [6.45, 7) is 3.51. The van der Waals surface area contributed by atoms with Gasteiger partial charge in [-0.05, 0) is 6.42 Å². The van der Waals surface area contributed by atoms with Gasteiger partial charge in [0.05, 0.1) is 12.7 Å². The van der Waals surface area contributed by atoms with E-state index < -0.39 is 0 Å². The molecule has 0 aliphatic rings. The van der Waals surface area contributed by atoms with Crippen LogP contribution in [0.25, 0.3) is 5.65 Å². The molecule has 21 heavy (non-hydrogen) atoms. The van der Waals surface area contributed by atoms with E-state index in [0.717, 1.165) is 30.3 Å². The smallest absolute Gasteiger partial charge is 0.180 e. The number of hydrogen-bond acceptors (Lipinski definition) is 6. The van der Waals surface area contributed by atoms with E-state index in [1.807, 2.05) is 23.8 Å². The van der Waals surface area contributed by atoms with Gasteiger partial charge in [0.25, 0.3) is 0 Å². The molecule has 8 heteroatoms. The van der Waals surface area contributed by atoms with Crippen LogP contribution in [0.15, 0.2) is 24.9 Å². The molecule has 0 bridgehead atoms. The zero-order valence-electron chi connectivity index (χ0n) is 12.1. The average molecular weight is 286 g/mol. The Labute approximate surface area is 122 Å². The highest BCUT2D eigenvalue weighted by molar-refractivity contribution is 5.65. The van der Waals surface area contributed by atoms with Gasteiger partial charge < -0.3 is 15.0 Å². The van der Waals surface area contributed by atoms with E-state index >= 15 is 0 Å². The zero-order chi connectivity index (χ0) is 14.7. The van der Waals surface area contributed by atoms with Gasteiger partial charge in [0, 0.05) is 26.0 Å². The van der Waals surface area contributed by atoms with E-state index in [1.165, 1.54) is 0 Å². The van der Waals surface area contributed by atoms with Crippen LogP contribution in [0.4, 0.5) is 11.6 Å². The lowest BCUT2D eigenvalue weighted by atomic mass is 10.4. The summed E-state index contributed by atoms with van der Waals surface area (Å²) in [5, 5.41) is 10.8. The minimum Gasteiger partial charge on any atom is -0.369 e. The molecule has 2 N–H and O–H groups in total. The Hall–Kier alpha value is -2.64. The lowest BCUT2D eigenvalue weighted by Gasteiger charge is -2.09. The number of rotatable bonds is 6. The molecule has 0 aromatic carbocycles. The maximum Gasteiger partial charge on any atom is 0.180 e. The number of nitrogens with one attached hydrogen (secondary N) is 2. The molecular weight excluding hydrogens is 268 g/mol. The molecule has 3 aromatic rings. The standard InChI is InChI=1S/C13H18N8/c1-3-4-14-11-8-21-6-5-15-13(21)12(18-11)16-7-10-17-9-20(2)19-10/h5-6,8-9,14H,3-4,7H2,1-2H3,(H,16,18). The van der Waals surface area contributed by atoms with E-state index in [1.54, 1.807) is 17.2 Å². The van der Waals surface area contributed by atoms with Gasteiger partial charge in [0.2, 0.25) is 0 Å². The second-order valence-corrected chi connectivity index (χ2v) is 4.75. The van der Waals surface area contributed by atoms with Gasteiger partial charge in [-0.15, -0.1) is 0 Å². The quantitative estimate of drug-likeness (QED) is 0.710. The summed E-state index contributed by atoms with van der Waals surface area (Å²) < 4.78 is 3.62. The monoisotopic (exact) mass is 286 g/mol. The molecule has 3 rings (SSSR count). The van der Waals surface area contributed by atoms with Crippen LogP contribution in [0.5, 0.6) is 0 Å². The molecule has 0 saturated heterocycles. The number of anilines is 2. The van der Waals surface area contributed by atoms with Gasteiger partial charge >= 0.3 is 0 Å². The lowest BCUT2D eigenvalue weighted by Crippen LogP contribution is -2.09. The molecule has 0 aliphatic heterocycles. The fraction of sp³-hybridized carbons (Fsp3) is 0.385. The molecule has 0 unspecified atom stereocenters. The third-order valence-corrected chi connectivity index (χ3v) is 2.99. The number of nitrogens with zero attached hydrogens (tertiary/aromatic N) is 6. The van der Waals surface area contributed by atoms with Gasteiger partial charge in [-0.2, -0.15) is 5.10 Å². The first-order valence-corrected chi connectivity index (χ1v) is 6.92. The molecule has 8 nitrogen and oxygen atoms in total. The minimum absolute atomic E-state index is 0.508. The summed E-state index contributed by atoms with van der Waals surface area (Å²) in [4.78, 5) is 13.1. The summed E-state index contributed by atoms with van der Waals surface area (Å²) in [6, 6.07) is 0. The fourth-order valence-electron chi connectivity index (χ4n) is 2.02. The first kappa shape index (κ1) is 13.3. The second kappa shape index (κ2) is 5.78. The fourth-order valence-corrected chi connectivity index (χ4v) is 2.02. The number of aryl methyl sites for hydroxylation is 1. The topological polar surface area (TPSA) is 85.0 Å². The van der Waals surface area contributed by atoms with Crippen molar-refractivity contribution in [3.8, 4) is 0 Å². The zero-order valence-corrected chi connectivity index (χ0v) is 12.1. The van der Waals surface area contributed by atoms with Crippen molar-refractivity contribution < 1.29 is 0 Å². The summed E-state index contributed by atoms with van der Waals surface area (Å²) in [5.74, 6) is 2.25. The Balaban J connectivity index is 1.83. The lowest BCUT2D eigenvalue weighted by molar-refractivity contribution is 0.747. The number of aromatic nitrogens is 6. The highest BCUT2D eigenvalue weighted by Crippen LogP contribution is 2.16. The van der Waals surface area contributed by atoms with E-state index in [2.05, 4.69) is 37.6 Å². The normalized spacial score (nSPS) is 11.0. The third kappa shape index (κ3) is 2.93. The Morgan fingerprint density at radius 2 is 2.14 bits per heavy atom. The van der Waals surface area contributed by atoms with Crippen LogP contribution in [0, 0.1) is 0 Å². The predicted molar refractivity (Wildman–Crippen MR) is 80.1 cm³/mol. The van der Waals surface area contributed by atoms with Crippen LogP contribution < -0.4 is 10.6 Å². The first-order chi connectivity index (χ1) is 10.3. The minimum atomic E-state index is 0.508. The Morgan fingerprint density at radius 1 is 1.24 bits per heavy atom. The molecule has 0 fully saturated rings. The van der Waals surface area contributed by atoms with Crippen molar-refractivity contribution in [3.05, 3.63) is 30.7 Å². The van der Waals surface area contributed by atoms with Crippen molar-refractivity contribution in [2.45, 2.75) is 19.9 Å². The molecule has 0 saturated carbocycles. The van der Waals surface area contributed by atoms with Gasteiger partial charge in [0.1, 0.15) is 12.1 Å². The van der Waals surface area contributed by atoms with Crippen LogP contribution in [-0.4, -0.2) is 35.7 Å². The molecule has 0 radical (unpaired) electrons. The van der Waals surface area contributed by atoms with E-state index in [0.29, 0.717) is 12.4 Å². The van der Waals surface area contributed by atoms with Crippen LogP contribution >= 0.6 is 0 Å². The van der Waals surface area contributed by atoms with Gasteiger partial charge in [-0.1, -0.05) is 6.92 Å². The first-order valence-electron chi connectivity index (χ1n) is 6.92. The Bertz CT molecular complexity index is 729. The maximum atomic E-state index is 4.56. The van der Waals surface area contributed by atoms with Gasteiger partial charge in [-0.25, -0.2) is 15.0 Å². The number of fused-ring (bicyclic) bond motifs is 1. The Kier molecular flexibility index (Phi) is 3.67. The molecule has 3 aromatic heterocycles.